The molecule has 3 heteroatoms. The predicted molar refractivity (Wildman–Crippen MR) is 83.4 cm³/mol. The molecular weight excluding hydrogens is 238 g/mol. The fourth-order valence-corrected chi connectivity index (χ4v) is 1.94. The number of unbranched alkanes of at least 4 members (excludes halogenated alkanes) is 10. The maximum atomic E-state index is 10.3. The maximum absolute atomic E-state index is 10.3. The summed E-state index contributed by atoms with van der Waals surface area (Å²) in [5.74, 6) is -0.657. The molecule has 0 fully saturated rings. The first-order valence-electron chi connectivity index (χ1n) is 8.10. The van der Waals surface area contributed by atoms with Crippen LogP contribution in [0.4, 0.5) is 0 Å². The quantitative estimate of drug-likeness (QED) is 0.505. The lowest BCUT2D eigenvalue weighted by molar-refractivity contribution is -0.137. The highest BCUT2D eigenvalue weighted by molar-refractivity contribution is 5.66. The Bertz CT molecular complexity index is 172. The van der Waals surface area contributed by atoms with Gasteiger partial charge in [-0.25, -0.2) is 0 Å². The van der Waals surface area contributed by atoms with Gasteiger partial charge in [-0.1, -0.05) is 78.1 Å². The smallest absolute Gasteiger partial charge is 0.303 e. The van der Waals surface area contributed by atoms with Crippen molar-refractivity contribution in [2.24, 2.45) is 5.73 Å². The first kappa shape index (κ1) is 20.7. The van der Waals surface area contributed by atoms with Crippen molar-refractivity contribution in [2.75, 3.05) is 6.54 Å². The number of carbonyl (C=O) groups is 1. The summed E-state index contributed by atoms with van der Waals surface area (Å²) >= 11 is 0. The third-order valence-electron chi connectivity index (χ3n) is 2.99. The van der Waals surface area contributed by atoms with Gasteiger partial charge in [-0.2, -0.15) is 0 Å². The van der Waals surface area contributed by atoms with E-state index < -0.39 is 5.97 Å². The van der Waals surface area contributed by atoms with Crippen molar-refractivity contribution in [2.45, 2.75) is 90.9 Å². The summed E-state index contributed by atoms with van der Waals surface area (Å²) in [4.78, 5) is 10.3. The molecular formula is C16H35NO2. The van der Waals surface area contributed by atoms with Gasteiger partial charge in [0.05, 0.1) is 0 Å². The second-order valence-electron chi connectivity index (χ2n) is 5.09. The monoisotopic (exact) mass is 273 g/mol. The summed E-state index contributed by atoms with van der Waals surface area (Å²) in [6, 6.07) is 0. The fraction of sp³-hybridized carbons (Fsp3) is 0.938. The Labute approximate surface area is 120 Å². The minimum absolute atomic E-state index is 0.344. The van der Waals surface area contributed by atoms with Crippen LogP contribution in [0.15, 0.2) is 0 Å². The zero-order valence-corrected chi connectivity index (χ0v) is 13.1. The van der Waals surface area contributed by atoms with E-state index in [4.69, 9.17) is 10.8 Å². The zero-order valence-electron chi connectivity index (χ0n) is 13.1. The molecule has 0 aliphatic rings. The van der Waals surface area contributed by atoms with Crippen LogP contribution in [0, 0.1) is 0 Å². The van der Waals surface area contributed by atoms with Gasteiger partial charge < -0.3 is 10.8 Å². The number of carboxylic acid groups (broad SMARTS) is 1. The molecule has 0 heterocycles. The van der Waals surface area contributed by atoms with E-state index in [0.29, 0.717) is 6.42 Å². The molecule has 0 aliphatic heterocycles. The molecule has 3 N–H and O–H groups in total. The molecule has 0 radical (unpaired) electrons. The topological polar surface area (TPSA) is 63.3 Å². The molecule has 19 heavy (non-hydrogen) atoms. The number of hydrogen-bond acceptors (Lipinski definition) is 2. The maximum Gasteiger partial charge on any atom is 0.303 e. The summed E-state index contributed by atoms with van der Waals surface area (Å²) in [6.45, 7) is 4.90. The molecule has 0 aromatic heterocycles. The highest BCUT2D eigenvalue weighted by Crippen LogP contribution is 2.11. The Kier molecular flexibility index (Phi) is 21.6. The van der Waals surface area contributed by atoms with Crippen LogP contribution < -0.4 is 5.73 Å². The van der Waals surface area contributed by atoms with Crippen LogP contribution >= 0.6 is 0 Å². The Morgan fingerprint density at radius 2 is 1.11 bits per heavy atom. The SMILES string of the molecule is CCCCCCCCCCCCCC(=O)O.CCN. The van der Waals surface area contributed by atoms with Crippen molar-refractivity contribution in [1.82, 2.24) is 0 Å². The molecule has 0 unspecified atom stereocenters. The summed E-state index contributed by atoms with van der Waals surface area (Å²) in [6.07, 6.45) is 14.4. The lowest BCUT2D eigenvalue weighted by Crippen LogP contribution is -1.93. The normalized spacial score (nSPS) is 9.84. The van der Waals surface area contributed by atoms with E-state index in [1.807, 2.05) is 6.92 Å². The minimum Gasteiger partial charge on any atom is -0.481 e. The number of hydrogen-bond donors (Lipinski definition) is 2. The lowest BCUT2D eigenvalue weighted by Gasteiger charge is -2.01. The molecule has 0 aromatic carbocycles. The van der Waals surface area contributed by atoms with Crippen LogP contribution in [0.3, 0.4) is 0 Å². The minimum atomic E-state index is -0.657. The van der Waals surface area contributed by atoms with Crippen LogP contribution in [0.2, 0.25) is 0 Å². The molecule has 116 valence electrons. The van der Waals surface area contributed by atoms with Crippen molar-refractivity contribution in [3.05, 3.63) is 0 Å². The first-order chi connectivity index (χ1) is 9.18. The summed E-state index contributed by atoms with van der Waals surface area (Å²) in [5, 5.41) is 8.46. The van der Waals surface area contributed by atoms with Crippen molar-refractivity contribution < 1.29 is 9.90 Å². The summed E-state index contributed by atoms with van der Waals surface area (Å²) < 4.78 is 0. The highest BCUT2D eigenvalue weighted by atomic mass is 16.4. The Morgan fingerprint density at radius 1 is 0.789 bits per heavy atom. The lowest BCUT2D eigenvalue weighted by atomic mass is 10.1. The van der Waals surface area contributed by atoms with Crippen molar-refractivity contribution >= 4 is 5.97 Å². The van der Waals surface area contributed by atoms with Crippen molar-refractivity contribution in [1.29, 1.82) is 0 Å². The van der Waals surface area contributed by atoms with Crippen LogP contribution in [-0.4, -0.2) is 17.6 Å². The van der Waals surface area contributed by atoms with Crippen LogP contribution in [-0.2, 0) is 4.79 Å². The summed E-state index contributed by atoms with van der Waals surface area (Å²) in [7, 11) is 0. The van der Waals surface area contributed by atoms with Gasteiger partial charge in [0.2, 0.25) is 0 Å². The van der Waals surface area contributed by atoms with E-state index in [0.717, 1.165) is 19.4 Å². The van der Waals surface area contributed by atoms with Crippen LogP contribution in [0.25, 0.3) is 0 Å². The van der Waals surface area contributed by atoms with Gasteiger partial charge in [-0.05, 0) is 13.0 Å². The average Bonchev–Trinajstić information content (AvgIpc) is 2.36. The molecule has 0 atom stereocenters. The predicted octanol–water partition coefficient (Wildman–Crippen LogP) is 4.74. The Morgan fingerprint density at radius 3 is 1.42 bits per heavy atom. The molecule has 0 aliphatic carbocycles. The molecule has 0 amide bonds. The molecule has 0 saturated heterocycles. The molecule has 0 bridgehead atoms. The van der Waals surface area contributed by atoms with Gasteiger partial charge in [0, 0.05) is 6.42 Å². The van der Waals surface area contributed by atoms with Crippen molar-refractivity contribution in [3.63, 3.8) is 0 Å². The first-order valence-corrected chi connectivity index (χ1v) is 8.10. The van der Waals surface area contributed by atoms with E-state index in [9.17, 15) is 4.79 Å². The van der Waals surface area contributed by atoms with Gasteiger partial charge in [-0.3, -0.25) is 4.79 Å². The van der Waals surface area contributed by atoms with E-state index in [1.54, 1.807) is 0 Å². The van der Waals surface area contributed by atoms with E-state index >= 15 is 0 Å². The van der Waals surface area contributed by atoms with Gasteiger partial charge in [0.1, 0.15) is 0 Å². The second-order valence-corrected chi connectivity index (χ2v) is 5.09. The third-order valence-corrected chi connectivity index (χ3v) is 2.99. The number of aliphatic carboxylic acids is 1. The van der Waals surface area contributed by atoms with E-state index in [-0.39, 0.29) is 0 Å². The second kappa shape index (κ2) is 19.8. The van der Waals surface area contributed by atoms with E-state index in [2.05, 4.69) is 6.92 Å². The van der Waals surface area contributed by atoms with Crippen molar-refractivity contribution in [3.8, 4) is 0 Å². The van der Waals surface area contributed by atoms with Gasteiger partial charge in [0.25, 0.3) is 0 Å². The molecule has 0 spiro atoms. The molecule has 0 aromatic rings. The Balaban J connectivity index is 0. The van der Waals surface area contributed by atoms with Crippen LogP contribution in [0.1, 0.15) is 90.9 Å². The summed E-state index contributed by atoms with van der Waals surface area (Å²) in [5.41, 5.74) is 4.85. The standard InChI is InChI=1S/C14H28O2.C2H7N/c1-2-3-4-5-6-7-8-9-10-11-12-13-14(15)16;1-2-3/h2-13H2,1H3,(H,15,16);2-3H2,1H3. The van der Waals surface area contributed by atoms with Gasteiger partial charge in [0.15, 0.2) is 0 Å². The average molecular weight is 273 g/mol. The third kappa shape index (κ3) is 26.9. The highest BCUT2D eigenvalue weighted by Gasteiger charge is 1.96. The molecule has 0 saturated carbocycles. The number of rotatable bonds is 12. The van der Waals surface area contributed by atoms with Crippen LogP contribution in [0.5, 0.6) is 0 Å². The molecule has 0 rings (SSSR count). The fourth-order valence-electron chi connectivity index (χ4n) is 1.94. The zero-order chi connectivity index (χ0) is 14.8. The number of carboxylic acids is 1. The molecule has 3 nitrogen and oxygen atoms in total. The Hall–Kier alpha value is -0.570. The largest absolute Gasteiger partial charge is 0.481 e. The van der Waals surface area contributed by atoms with Gasteiger partial charge in [-0.15, -0.1) is 0 Å². The van der Waals surface area contributed by atoms with Gasteiger partial charge >= 0.3 is 5.97 Å². The number of nitrogens with two attached hydrogens (primary N) is 1. The van der Waals surface area contributed by atoms with E-state index in [1.165, 1.54) is 57.8 Å².